The van der Waals surface area contributed by atoms with Crippen LogP contribution in [0.25, 0.3) is 10.4 Å². The van der Waals surface area contributed by atoms with Crippen LogP contribution in [0.3, 0.4) is 0 Å². The minimum Gasteiger partial charge on any atom is -0.494 e. The monoisotopic (exact) mass is 258 g/mol. The van der Waals surface area contributed by atoms with Gasteiger partial charge < -0.3 is 10.5 Å². The van der Waals surface area contributed by atoms with Gasteiger partial charge in [-0.05, 0) is 12.1 Å². The summed E-state index contributed by atoms with van der Waals surface area (Å²) in [5.74, 6) is -0.116. The van der Waals surface area contributed by atoms with Crippen molar-refractivity contribution >= 4 is 28.1 Å². The van der Waals surface area contributed by atoms with E-state index >= 15 is 0 Å². The van der Waals surface area contributed by atoms with Gasteiger partial charge in [0.1, 0.15) is 11.6 Å². The van der Waals surface area contributed by atoms with Crippen LogP contribution in [0.4, 0.5) is 9.52 Å². The van der Waals surface area contributed by atoms with Gasteiger partial charge >= 0.3 is 0 Å². The summed E-state index contributed by atoms with van der Waals surface area (Å²) >= 11 is 7.10. The van der Waals surface area contributed by atoms with Crippen LogP contribution >= 0.6 is 22.9 Å². The van der Waals surface area contributed by atoms with Gasteiger partial charge in [-0.15, -0.1) is 0 Å². The fraction of sp³-hybridized carbons (Fsp3) is 0.100. The molecule has 1 aromatic heterocycles. The number of benzene rings is 1. The maximum Gasteiger partial charge on any atom is 0.180 e. The van der Waals surface area contributed by atoms with Gasteiger partial charge in [-0.2, -0.15) is 0 Å². The Bertz CT molecular complexity index is 530. The van der Waals surface area contributed by atoms with E-state index in [-0.39, 0.29) is 0 Å². The zero-order chi connectivity index (χ0) is 11.7. The molecule has 2 rings (SSSR count). The number of nitrogens with zero attached hydrogens (tertiary/aromatic N) is 1. The van der Waals surface area contributed by atoms with Crippen molar-refractivity contribution in [2.45, 2.75) is 0 Å². The van der Waals surface area contributed by atoms with Gasteiger partial charge in [-0.1, -0.05) is 22.9 Å². The Balaban J connectivity index is 2.67. The molecule has 0 aliphatic heterocycles. The minimum atomic E-state index is -0.412. The van der Waals surface area contributed by atoms with Gasteiger partial charge in [0.25, 0.3) is 0 Å². The van der Waals surface area contributed by atoms with Crippen molar-refractivity contribution in [1.82, 2.24) is 4.98 Å². The van der Waals surface area contributed by atoms with Crippen LogP contribution < -0.4 is 10.5 Å². The summed E-state index contributed by atoms with van der Waals surface area (Å²) in [5.41, 5.74) is 5.80. The number of nitrogen functional groups attached to an aromatic ring is 1. The molecule has 1 aromatic carbocycles. The molecule has 2 N–H and O–H groups in total. The molecule has 0 fully saturated rings. The van der Waals surface area contributed by atoms with Crippen molar-refractivity contribution < 1.29 is 9.13 Å². The van der Waals surface area contributed by atoms with Crippen molar-refractivity contribution in [2.24, 2.45) is 0 Å². The van der Waals surface area contributed by atoms with Crippen LogP contribution in [-0.4, -0.2) is 12.1 Å². The Labute approximate surface area is 101 Å². The van der Waals surface area contributed by atoms with Gasteiger partial charge in [0.05, 0.1) is 22.6 Å². The molecule has 1 heterocycles. The number of hydrogen-bond acceptors (Lipinski definition) is 4. The van der Waals surface area contributed by atoms with E-state index in [1.54, 1.807) is 0 Å². The van der Waals surface area contributed by atoms with Crippen molar-refractivity contribution in [1.29, 1.82) is 0 Å². The predicted octanol–water partition coefficient (Wildman–Crippen LogP) is 3.19. The lowest BCUT2D eigenvalue weighted by Gasteiger charge is -2.09. The first-order chi connectivity index (χ1) is 7.63. The van der Waals surface area contributed by atoms with E-state index in [2.05, 4.69) is 4.98 Å². The third kappa shape index (κ3) is 1.83. The summed E-state index contributed by atoms with van der Waals surface area (Å²) in [5, 5.41) is 0.724. The first-order valence-electron chi connectivity index (χ1n) is 4.37. The van der Waals surface area contributed by atoms with E-state index < -0.39 is 5.82 Å². The van der Waals surface area contributed by atoms with Gasteiger partial charge in [0.15, 0.2) is 5.13 Å². The van der Waals surface area contributed by atoms with E-state index in [0.29, 0.717) is 26.3 Å². The third-order valence-electron chi connectivity index (χ3n) is 2.03. The van der Waals surface area contributed by atoms with Gasteiger partial charge in [-0.25, -0.2) is 9.37 Å². The number of aromatic nitrogens is 1. The molecular formula is C10H8ClFN2OS. The second kappa shape index (κ2) is 4.27. The third-order valence-corrected chi connectivity index (χ3v) is 3.17. The Kier molecular flexibility index (Phi) is 2.98. The average Bonchev–Trinajstić information content (AvgIpc) is 2.67. The molecule has 0 aliphatic rings. The number of halogens is 2. The molecule has 0 radical (unpaired) electrons. The predicted molar refractivity (Wildman–Crippen MR) is 63.5 cm³/mol. The summed E-state index contributed by atoms with van der Waals surface area (Å²) < 4.78 is 18.8. The van der Waals surface area contributed by atoms with Gasteiger partial charge in [0, 0.05) is 6.20 Å². The van der Waals surface area contributed by atoms with Crippen LogP contribution in [0, 0.1) is 5.82 Å². The molecule has 0 aliphatic carbocycles. The fourth-order valence-corrected chi connectivity index (χ4v) is 2.33. The second-order valence-electron chi connectivity index (χ2n) is 3.00. The second-order valence-corrected chi connectivity index (χ2v) is 4.47. The molecule has 16 heavy (non-hydrogen) atoms. The highest BCUT2D eigenvalue weighted by Gasteiger charge is 2.17. The molecule has 0 unspecified atom stereocenters. The van der Waals surface area contributed by atoms with Crippen LogP contribution in [0.1, 0.15) is 0 Å². The normalized spacial score (nSPS) is 10.4. The molecule has 6 heteroatoms. The Morgan fingerprint density at radius 3 is 2.81 bits per heavy atom. The number of methoxy groups -OCH3 is 1. The summed E-state index contributed by atoms with van der Waals surface area (Å²) in [6.45, 7) is 0. The smallest absolute Gasteiger partial charge is 0.180 e. The number of rotatable bonds is 2. The van der Waals surface area contributed by atoms with Crippen LogP contribution in [0.15, 0.2) is 18.3 Å². The molecule has 2 aromatic rings. The quantitative estimate of drug-likeness (QED) is 0.900. The lowest BCUT2D eigenvalue weighted by molar-refractivity contribution is 0.414. The summed E-state index contributed by atoms with van der Waals surface area (Å²) in [7, 11) is 1.44. The molecule has 0 spiro atoms. The number of nitrogens with two attached hydrogens (primary N) is 1. The Hall–Kier alpha value is -1.33. The van der Waals surface area contributed by atoms with E-state index in [1.165, 1.54) is 36.8 Å². The van der Waals surface area contributed by atoms with E-state index in [0.717, 1.165) is 0 Å². The van der Waals surface area contributed by atoms with Crippen molar-refractivity contribution in [3.63, 3.8) is 0 Å². The summed E-state index contributed by atoms with van der Waals surface area (Å²) in [6.07, 6.45) is 1.50. The highest BCUT2D eigenvalue weighted by atomic mass is 35.5. The summed E-state index contributed by atoms with van der Waals surface area (Å²) in [4.78, 5) is 4.46. The molecule has 84 valence electrons. The molecule has 0 saturated heterocycles. The number of thiazole rings is 1. The molecule has 0 saturated carbocycles. The topological polar surface area (TPSA) is 48.1 Å². The number of hydrogen-bond donors (Lipinski definition) is 1. The fourth-order valence-electron chi connectivity index (χ4n) is 1.37. The minimum absolute atomic E-state index is 0.296. The summed E-state index contributed by atoms with van der Waals surface area (Å²) in [6, 6.07) is 2.74. The first-order valence-corrected chi connectivity index (χ1v) is 5.56. The standard InChI is InChI=1S/C10H8ClFN2OS/c1-15-9-5(11)2-3-6(12)8(9)7-4-14-10(13)16-7/h2-4H,1H3,(H2,13,14). The first kappa shape index (κ1) is 11.2. The average molecular weight is 259 g/mol. The Morgan fingerprint density at radius 1 is 1.50 bits per heavy atom. The molecule has 0 bridgehead atoms. The Morgan fingerprint density at radius 2 is 2.25 bits per heavy atom. The molecule has 3 nitrogen and oxygen atoms in total. The van der Waals surface area contributed by atoms with Crippen molar-refractivity contribution in [2.75, 3.05) is 12.8 Å². The van der Waals surface area contributed by atoms with Gasteiger partial charge in [0.2, 0.25) is 0 Å². The lowest BCUT2D eigenvalue weighted by Crippen LogP contribution is -1.91. The maximum atomic E-state index is 13.7. The largest absolute Gasteiger partial charge is 0.494 e. The highest BCUT2D eigenvalue weighted by molar-refractivity contribution is 7.18. The number of anilines is 1. The van der Waals surface area contributed by atoms with Crippen LogP contribution in [-0.2, 0) is 0 Å². The zero-order valence-corrected chi connectivity index (χ0v) is 9.90. The van der Waals surface area contributed by atoms with Crippen LogP contribution in [0.2, 0.25) is 5.02 Å². The number of ether oxygens (including phenoxy) is 1. The highest BCUT2D eigenvalue weighted by Crippen LogP contribution is 2.40. The van der Waals surface area contributed by atoms with E-state index in [1.807, 2.05) is 0 Å². The van der Waals surface area contributed by atoms with Gasteiger partial charge in [-0.3, -0.25) is 0 Å². The molecular weight excluding hydrogens is 251 g/mol. The van der Waals surface area contributed by atoms with E-state index in [4.69, 9.17) is 22.1 Å². The molecule has 0 amide bonds. The van der Waals surface area contributed by atoms with Crippen molar-refractivity contribution in [3.05, 3.63) is 29.2 Å². The maximum absolute atomic E-state index is 13.7. The SMILES string of the molecule is COc1c(Cl)ccc(F)c1-c1cnc(N)s1. The van der Waals surface area contributed by atoms with E-state index in [9.17, 15) is 4.39 Å². The van der Waals surface area contributed by atoms with Crippen LogP contribution in [0.5, 0.6) is 5.75 Å². The zero-order valence-electron chi connectivity index (χ0n) is 8.33. The molecule has 0 atom stereocenters. The van der Waals surface area contributed by atoms with Crippen molar-refractivity contribution in [3.8, 4) is 16.2 Å². The lowest BCUT2D eigenvalue weighted by atomic mass is 10.1.